The van der Waals surface area contributed by atoms with Gasteiger partial charge in [0.25, 0.3) is 0 Å². The molecule has 5 nitrogen and oxygen atoms in total. The third-order valence-electron chi connectivity index (χ3n) is 4.84. The van der Waals surface area contributed by atoms with Crippen molar-refractivity contribution in [3.63, 3.8) is 0 Å². The molecular weight excluding hydrogens is 409 g/mol. The third kappa shape index (κ3) is 4.47. The van der Waals surface area contributed by atoms with E-state index < -0.39 is 41.0 Å². The first-order valence-corrected chi connectivity index (χ1v) is 9.33. The van der Waals surface area contributed by atoms with Crippen molar-refractivity contribution in [1.29, 1.82) is 0 Å². The molecule has 0 saturated carbocycles. The Labute approximate surface area is 168 Å². The SMILES string of the molecule is CC(C)CN(C(=O)Nc1ccc(F)c(F)c1)[C@@H]1CCc2[nH]c(=O)cc(C(F)(F)F)c21. The number of amides is 2. The molecule has 2 N–H and O–H groups in total. The fourth-order valence-electron chi connectivity index (χ4n) is 3.69. The second-order valence-electron chi connectivity index (χ2n) is 7.60. The Morgan fingerprint density at radius 3 is 2.53 bits per heavy atom. The topological polar surface area (TPSA) is 65.2 Å². The highest BCUT2D eigenvalue weighted by atomic mass is 19.4. The second-order valence-corrected chi connectivity index (χ2v) is 7.60. The normalized spacial score (nSPS) is 15.9. The van der Waals surface area contributed by atoms with Crippen molar-refractivity contribution in [2.24, 2.45) is 5.92 Å². The number of carbonyl (C=O) groups excluding carboxylic acids is 1. The van der Waals surface area contributed by atoms with Crippen LogP contribution in [0.5, 0.6) is 0 Å². The minimum atomic E-state index is -4.76. The number of aromatic nitrogens is 1. The average Bonchev–Trinajstić information content (AvgIpc) is 3.04. The Morgan fingerprint density at radius 2 is 1.93 bits per heavy atom. The van der Waals surface area contributed by atoms with Gasteiger partial charge in [-0.1, -0.05) is 13.8 Å². The maximum atomic E-state index is 13.6. The lowest BCUT2D eigenvalue weighted by atomic mass is 10.0. The molecule has 2 aromatic rings. The van der Waals surface area contributed by atoms with E-state index in [1.807, 2.05) is 0 Å². The summed E-state index contributed by atoms with van der Waals surface area (Å²) < 4.78 is 67.4. The van der Waals surface area contributed by atoms with Crippen LogP contribution >= 0.6 is 0 Å². The molecule has 0 fully saturated rings. The standard InChI is InChI=1S/C20H20F5N3O2/c1-10(2)9-28(19(30)26-11-3-4-13(21)14(22)7-11)16-6-5-15-18(16)12(20(23,24)25)8-17(29)27-15/h3-4,7-8,10,16H,5-6,9H2,1-2H3,(H,26,30)(H,27,29)/t16-/m1/s1. The van der Waals surface area contributed by atoms with Crippen LogP contribution in [0.4, 0.5) is 32.4 Å². The van der Waals surface area contributed by atoms with Crippen LogP contribution in [0.25, 0.3) is 0 Å². The predicted octanol–water partition coefficient (Wildman–Crippen LogP) is 4.85. The third-order valence-corrected chi connectivity index (χ3v) is 4.84. The summed E-state index contributed by atoms with van der Waals surface area (Å²) in [5.41, 5.74) is -1.94. The van der Waals surface area contributed by atoms with E-state index in [-0.39, 0.29) is 42.2 Å². The van der Waals surface area contributed by atoms with Crippen molar-refractivity contribution < 1.29 is 26.7 Å². The smallest absolute Gasteiger partial charge is 0.326 e. The molecule has 1 atom stereocenters. The largest absolute Gasteiger partial charge is 0.417 e. The second kappa shape index (κ2) is 8.08. The van der Waals surface area contributed by atoms with Gasteiger partial charge >= 0.3 is 12.2 Å². The van der Waals surface area contributed by atoms with E-state index in [4.69, 9.17) is 0 Å². The molecule has 0 saturated heterocycles. The molecule has 3 rings (SSSR count). The van der Waals surface area contributed by atoms with Gasteiger partial charge in [0, 0.05) is 35.6 Å². The minimum absolute atomic E-state index is 0.0246. The van der Waals surface area contributed by atoms with E-state index in [0.29, 0.717) is 6.07 Å². The van der Waals surface area contributed by atoms with E-state index in [1.54, 1.807) is 13.8 Å². The molecule has 30 heavy (non-hydrogen) atoms. The van der Waals surface area contributed by atoms with Gasteiger partial charge in [-0.05, 0) is 30.9 Å². The molecule has 1 aliphatic rings. The summed E-state index contributed by atoms with van der Waals surface area (Å²) >= 11 is 0. The van der Waals surface area contributed by atoms with Crippen molar-refractivity contribution in [3.05, 3.63) is 63.1 Å². The zero-order chi connectivity index (χ0) is 22.2. The first-order chi connectivity index (χ1) is 14.0. The number of nitrogens with zero attached hydrogens (tertiary/aromatic N) is 1. The monoisotopic (exact) mass is 429 g/mol. The number of halogens is 5. The number of rotatable bonds is 4. The van der Waals surface area contributed by atoms with Gasteiger partial charge < -0.3 is 15.2 Å². The van der Waals surface area contributed by atoms with Crippen LogP contribution in [0.2, 0.25) is 0 Å². The first kappa shape index (κ1) is 21.8. The van der Waals surface area contributed by atoms with Crippen molar-refractivity contribution in [2.75, 3.05) is 11.9 Å². The number of urea groups is 1. The van der Waals surface area contributed by atoms with E-state index in [0.717, 1.165) is 18.2 Å². The number of H-pyrrole nitrogens is 1. The summed E-state index contributed by atoms with van der Waals surface area (Å²) in [6, 6.07) is 1.62. The fourth-order valence-corrected chi connectivity index (χ4v) is 3.69. The average molecular weight is 429 g/mol. The zero-order valence-corrected chi connectivity index (χ0v) is 16.2. The minimum Gasteiger partial charge on any atom is -0.326 e. The number of aryl methyl sites for hydroxylation is 1. The number of fused-ring (bicyclic) bond motifs is 1. The molecule has 1 aromatic carbocycles. The zero-order valence-electron chi connectivity index (χ0n) is 16.2. The summed E-state index contributed by atoms with van der Waals surface area (Å²) in [6.45, 7) is 3.71. The highest BCUT2D eigenvalue weighted by molar-refractivity contribution is 5.89. The predicted molar refractivity (Wildman–Crippen MR) is 100 cm³/mol. The van der Waals surface area contributed by atoms with Crippen LogP contribution in [-0.2, 0) is 12.6 Å². The number of hydrogen-bond donors (Lipinski definition) is 2. The van der Waals surface area contributed by atoms with Crippen LogP contribution in [-0.4, -0.2) is 22.5 Å². The highest BCUT2D eigenvalue weighted by Gasteiger charge is 2.42. The Morgan fingerprint density at radius 1 is 1.23 bits per heavy atom. The first-order valence-electron chi connectivity index (χ1n) is 9.33. The van der Waals surface area contributed by atoms with Crippen LogP contribution in [0.1, 0.15) is 43.1 Å². The molecule has 0 aliphatic heterocycles. The summed E-state index contributed by atoms with van der Waals surface area (Å²) in [5, 5.41) is 2.42. The number of carbonyl (C=O) groups is 1. The number of nitrogens with one attached hydrogen (secondary N) is 2. The van der Waals surface area contributed by atoms with E-state index in [2.05, 4.69) is 10.3 Å². The quantitative estimate of drug-likeness (QED) is 0.683. The Bertz CT molecular complexity index is 1020. The van der Waals surface area contributed by atoms with Gasteiger partial charge in [0.05, 0.1) is 11.6 Å². The lowest BCUT2D eigenvalue weighted by molar-refractivity contribution is -0.138. The van der Waals surface area contributed by atoms with Gasteiger partial charge in [-0.3, -0.25) is 4.79 Å². The Kier molecular flexibility index (Phi) is 5.87. The van der Waals surface area contributed by atoms with Gasteiger partial charge in [0.15, 0.2) is 11.6 Å². The molecule has 0 bridgehead atoms. The molecule has 1 heterocycles. The molecule has 2 amide bonds. The number of pyridine rings is 1. The van der Waals surface area contributed by atoms with Crippen LogP contribution in [0.15, 0.2) is 29.1 Å². The Balaban J connectivity index is 1.99. The number of alkyl halides is 3. The summed E-state index contributed by atoms with van der Waals surface area (Å²) in [6.07, 6.45) is -4.40. The molecule has 1 aromatic heterocycles. The van der Waals surface area contributed by atoms with Gasteiger partial charge in [-0.2, -0.15) is 13.2 Å². The molecular formula is C20H20F5N3O2. The van der Waals surface area contributed by atoms with E-state index >= 15 is 0 Å². The van der Waals surface area contributed by atoms with E-state index in [9.17, 15) is 31.5 Å². The van der Waals surface area contributed by atoms with Gasteiger partial charge in [0.2, 0.25) is 5.56 Å². The fraction of sp³-hybridized carbons (Fsp3) is 0.400. The lowest BCUT2D eigenvalue weighted by Crippen LogP contribution is -2.40. The molecule has 0 radical (unpaired) electrons. The number of benzene rings is 1. The van der Waals surface area contributed by atoms with Crippen molar-refractivity contribution in [2.45, 2.75) is 38.9 Å². The van der Waals surface area contributed by atoms with Crippen LogP contribution < -0.4 is 10.9 Å². The molecule has 1 aliphatic carbocycles. The van der Waals surface area contributed by atoms with Crippen molar-refractivity contribution in [3.8, 4) is 0 Å². The number of hydrogen-bond acceptors (Lipinski definition) is 2. The van der Waals surface area contributed by atoms with Crippen molar-refractivity contribution >= 4 is 11.7 Å². The van der Waals surface area contributed by atoms with Gasteiger partial charge in [-0.25, -0.2) is 13.6 Å². The van der Waals surface area contributed by atoms with Gasteiger partial charge in [-0.15, -0.1) is 0 Å². The number of anilines is 1. The molecule has 10 heteroatoms. The lowest BCUT2D eigenvalue weighted by Gasteiger charge is -2.32. The molecule has 162 valence electrons. The number of aromatic amines is 1. The van der Waals surface area contributed by atoms with Crippen molar-refractivity contribution in [1.82, 2.24) is 9.88 Å². The van der Waals surface area contributed by atoms with Crippen LogP contribution in [0, 0.1) is 17.6 Å². The van der Waals surface area contributed by atoms with Gasteiger partial charge in [0.1, 0.15) is 0 Å². The summed E-state index contributed by atoms with van der Waals surface area (Å²) in [5.74, 6) is -2.33. The van der Waals surface area contributed by atoms with Crippen LogP contribution in [0.3, 0.4) is 0 Å². The van der Waals surface area contributed by atoms with E-state index in [1.165, 1.54) is 4.90 Å². The summed E-state index contributed by atoms with van der Waals surface area (Å²) in [4.78, 5) is 28.3. The molecule has 0 unspecified atom stereocenters. The summed E-state index contributed by atoms with van der Waals surface area (Å²) in [7, 11) is 0. The highest BCUT2D eigenvalue weighted by Crippen LogP contribution is 2.43. The Hall–Kier alpha value is -2.91. The molecule has 0 spiro atoms. The maximum Gasteiger partial charge on any atom is 0.417 e. The maximum absolute atomic E-state index is 13.6.